The summed E-state index contributed by atoms with van der Waals surface area (Å²) in [5.74, 6) is -0.249. The summed E-state index contributed by atoms with van der Waals surface area (Å²) < 4.78 is 4.40. The number of rotatable bonds is 34. The van der Waals surface area contributed by atoms with E-state index < -0.39 is 41.4 Å². The fourth-order valence-electron chi connectivity index (χ4n) is 20.1. The molecule has 2 aliphatic heterocycles. The quantitative estimate of drug-likeness (QED) is 0.00460. The van der Waals surface area contributed by atoms with E-state index in [4.69, 9.17) is 10.0 Å². The molecule has 0 fully saturated rings. The molecule has 13 aromatic rings. The van der Waals surface area contributed by atoms with Crippen LogP contribution in [0.15, 0.2) is 346 Å². The molecule has 0 aromatic heterocycles. The van der Waals surface area contributed by atoms with Crippen LogP contribution in [0, 0.1) is 0 Å². The van der Waals surface area contributed by atoms with E-state index in [1.165, 1.54) is 125 Å². The van der Waals surface area contributed by atoms with Crippen molar-refractivity contribution in [3.05, 3.63) is 409 Å². The number of allylic oxidation sites excluding steroid dienone is 8. The maximum atomic E-state index is 12.4. The molecule has 0 radical (unpaired) electrons. The van der Waals surface area contributed by atoms with Crippen molar-refractivity contribution in [3.63, 3.8) is 0 Å². The molecule has 750 valence electrons. The van der Waals surface area contributed by atoms with Crippen LogP contribution in [0.4, 0.5) is 11.4 Å². The number of carbonyl (C=O) groups excluding carboxylic acids is 2. The van der Waals surface area contributed by atoms with E-state index in [1.54, 1.807) is 38.1 Å². The van der Waals surface area contributed by atoms with Gasteiger partial charge < -0.3 is 80.7 Å². The molecule has 17 rings (SSSR count). The zero-order valence-corrected chi connectivity index (χ0v) is 90.5. The second kappa shape index (κ2) is 49.7. The van der Waals surface area contributed by atoms with Gasteiger partial charge in [-0.3, -0.25) is 19.4 Å². The van der Waals surface area contributed by atoms with Crippen molar-refractivity contribution in [2.75, 3.05) is 117 Å². The maximum absolute atomic E-state index is 12.4. The molecule has 2 amide bonds. The van der Waals surface area contributed by atoms with Crippen LogP contribution in [0.1, 0.15) is 105 Å². The third-order valence-electron chi connectivity index (χ3n) is 27.8. The Morgan fingerprint density at radius 2 is 0.752 bits per heavy atom. The maximum Gasteiger partial charge on any atom is 0.488 e. The Morgan fingerprint density at radius 3 is 1.14 bits per heavy atom. The molecule has 0 atom stereocenters. The topological polar surface area (TPSA) is 211 Å². The van der Waals surface area contributed by atoms with Crippen molar-refractivity contribution in [2.45, 2.75) is 100 Å². The minimum Gasteiger partial charge on any atom is -1.00 e. The summed E-state index contributed by atoms with van der Waals surface area (Å²) in [5, 5.41) is 79.8. The molecule has 0 bridgehead atoms. The number of hydrogen-bond donors (Lipinski definition) is 9. The van der Waals surface area contributed by atoms with Crippen molar-refractivity contribution >= 4 is 163 Å². The number of fused-ring (bicyclic) bond motifs is 8. The molecular formula is C120H135B3BrCl2N9O8S2. The van der Waals surface area contributed by atoms with Crippen LogP contribution in [0.2, 0.25) is 0 Å². The van der Waals surface area contributed by atoms with Gasteiger partial charge in [-0.15, -0.1) is 0 Å². The van der Waals surface area contributed by atoms with Gasteiger partial charge in [-0.1, -0.05) is 260 Å². The van der Waals surface area contributed by atoms with E-state index in [2.05, 4.69) is 374 Å². The molecule has 17 nitrogen and oxygen atoms in total. The van der Waals surface area contributed by atoms with Crippen LogP contribution < -0.4 is 67.0 Å². The Bertz CT molecular complexity index is 7150. The van der Waals surface area contributed by atoms with Crippen molar-refractivity contribution in [1.82, 2.24) is 25.8 Å². The van der Waals surface area contributed by atoms with Crippen molar-refractivity contribution in [3.8, 4) is 0 Å². The third-order valence-corrected chi connectivity index (χ3v) is 34.2. The number of halogens is 3. The number of alkyl halides is 1. The number of nitrogens with one attached hydrogen (secondary N) is 3. The Kier molecular flexibility index (Phi) is 37.8. The van der Waals surface area contributed by atoms with Gasteiger partial charge in [-0.05, 0) is 268 Å². The van der Waals surface area contributed by atoms with E-state index in [-0.39, 0.29) is 36.6 Å². The van der Waals surface area contributed by atoms with Crippen molar-refractivity contribution in [2.24, 2.45) is 0 Å². The molecule has 0 saturated heterocycles. The molecule has 9 N–H and O–H groups in total. The second-order valence-corrected chi connectivity index (χ2v) is 46.8. The number of anilines is 2. The lowest BCUT2D eigenvalue weighted by molar-refractivity contribution is -0.462. The molecule has 145 heavy (non-hydrogen) atoms. The van der Waals surface area contributed by atoms with Crippen LogP contribution in [-0.4, -0.2) is 201 Å². The van der Waals surface area contributed by atoms with Gasteiger partial charge >= 0.3 is 21.4 Å². The van der Waals surface area contributed by atoms with Crippen LogP contribution >= 0.6 is 36.0 Å². The van der Waals surface area contributed by atoms with Crippen LogP contribution in [-0.2, 0) is 67.0 Å². The van der Waals surface area contributed by atoms with Gasteiger partial charge in [0.25, 0.3) is 0 Å². The SMILES string of the molecule is C=C(C)C(=O)NCCCN(Cc1ccccc1B(O)O)Cc1c2ccccc2c(CN(Cc2ccc(C3=C4C=CC(=[N+](C)C)C=C4S(C)(C)c4cc(N(C)C)ccc43)cc2)Cc2ccccc2B(O)O)c2ccccc12.C=C(C)C(=O)NCCCNCc1c2ccccc2c(CCCc2ccc(C3=C4C=CC(=[N+](C)C)C=C4S(C)(C)c4cc(N(C)C)ccc43)cc2)c2ccccc12.OB(O)c1ccccc1CBr.[Cl-].[Cl-]. The summed E-state index contributed by atoms with van der Waals surface area (Å²) in [6, 6.07) is 89.6. The predicted molar refractivity (Wildman–Crippen MR) is 611 cm³/mol. The first-order chi connectivity index (χ1) is 68.7. The van der Waals surface area contributed by atoms with E-state index in [9.17, 15) is 29.7 Å². The van der Waals surface area contributed by atoms with Gasteiger partial charge in [0.05, 0.1) is 0 Å². The summed E-state index contributed by atoms with van der Waals surface area (Å²) >= 11 is 3.25. The first-order valence-electron chi connectivity index (χ1n) is 49.1. The smallest absolute Gasteiger partial charge is 0.488 e. The lowest BCUT2D eigenvalue weighted by Crippen LogP contribution is -3.00. The van der Waals surface area contributed by atoms with Gasteiger partial charge in [0, 0.05) is 159 Å². The summed E-state index contributed by atoms with van der Waals surface area (Å²) in [7, 11) is 9.73. The van der Waals surface area contributed by atoms with Gasteiger partial charge in [0.1, 0.15) is 28.2 Å². The number of benzene rings is 13. The highest BCUT2D eigenvalue weighted by atomic mass is 79.9. The number of aryl methyl sites for hydroxylation is 2. The molecule has 2 heterocycles. The largest absolute Gasteiger partial charge is 1.00 e. The number of carbonyl (C=O) groups is 2. The molecule has 0 saturated carbocycles. The molecule has 4 aliphatic rings. The number of hydrogen-bond acceptors (Lipinski definition) is 13. The first-order valence-corrected chi connectivity index (χ1v) is 55.1. The summed E-state index contributed by atoms with van der Waals surface area (Å²) in [6.45, 7) is 16.9. The van der Waals surface area contributed by atoms with E-state index in [0.29, 0.717) is 91.6 Å². The molecule has 2 aliphatic carbocycles. The summed E-state index contributed by atoms with van der Waals surface area (Å²) in [4.78, 5) is 39.1. The Morgan fingerprint density at radius 1 is 0.393 bits per heavy atom. The Labute approximate surface area is 881 Å². The number of nitrogens with zero attached hydrogens (tertiary/aromatic N) is 6. The fourth-order valence-corrected chi connectivity index (χ4v) is 25.6. The molecule has 0 spiro atoms. The second-order valence-electron chi connectivity index (χ2n) is 39.2. The minimum atomic E-state index is -1.62. The Balaban J connectivity index is 0.000000224. The van der Waals surface area contributed by atoms with Gasteiger partial charge in [0.15, 0.2) is 0 Å². The zero-order valence-electron chi connectivity index (χ0n) is 85.8. The Hall–Kier alpha value is -11.7. The van der Waals surface area contributed by atoms with E-state index in [0.717, 1.165) is 93.7 Å². The van der Waals surface area contributed by atoms with Crippen LogP contribution in [0.3, 0.4) is 0 Å². The first kappa shape index (κ1) is 111. The third kappa shape index (κ3) is 25.4. The lowest BCUT2D eigenvalue weighted by Gasteiger charge is -2.43. The standard InChI is InChI=1S/C63H69B2N5O5S.C50H56N4OS.C7H8BBrO2.2ClH/c1-43(2)63(71)66-34-17-35-69(39-46-18-9-15-24-58(46)64(72)73)41-56-50-20-11-13-22-52(50)57(53-23-14-12-21-51(53)56)42-70(40-47-19-10-16-25-59(47)65(74)75)38-44-26-28-45(29-27-44)62-54-32-30-48(67(3)4)36-60(54)76(7,8)61-37-49(68(5)6)31-33-55(61)62;1-34(2)50(55)52-30-14-29-51-33-46-42-18-11-9-16-39(42)41(40-17-10-12-19-43(40)46)20-13-15-35-21-23-36(24-22-35)49-44-27-25-37(53(3)4)31-47(44)56(7,8)48-32-38(54(5)6)26-28-45(48)49;9-5-6-3-1-2-4-7(6)8(10)11;;/h9-16,18-33,36-37,72-75H,1,17,34-35,38-42H2,2-8H3;9-12,16-19,21-28,31-32,51H,1,13-15,20,29-30,33H2,2-8H3;1-4,10-11H,5H2;2*1H. The minimum absolute atomic E-state index is 0. The average Bonchev–Trinajstić information content (AvgIpc) is 0.728. The summed E-state index contributed by atoms with van der Waals surface area (Å²) in [5.41, 5.74) is 27.8. The number of amides is 2. The van der Waals surface area contributed by atoms with Crippen LogP contribution in [0.5, 0.6) is 0 Å². The van der Waals surface area contributed by atoms with E-state index in [1.807, 2.05) is 48.5 Å². The van der Waals surface area contributed by atoms with Crippen molar-refractivity contribution in [1.29, 1.82) is 0 Å². The highest BCUT2D eigenvalue weighted by molar-refractivity contribution is 9.08. The molecule has 0 unspecified atom stereocenters. The molecule has 25 heteroatoms. The monoisotopic (exact) mass is 2080 g/mol. The van der Waals surface area contributed by atoms with Gasteiger partial charge in [0.2, 0.25) is 23.2 Å². The van der Waals surface area contributed by atoms with Crippen molar-refractivity contribution < 1.29 is 73.7 Å². The van der Waals surface area contributed by atoms with Crippen LogP contribution in [0.25, 0.3) is 54.2 Å². The predicted octanol–water partition coefficient (Wildman–Crippen LogP) is 12.2. The highest BCUT2D eigenvalue weighted by Gasteiger charge is 2.39. The average molecular weight is 2080 g/mol. The highest BCUT2D eigenvalue weighted by Crippen LogP contribution is 2.68. The summed E-state index contributed by atoms with van der Waals surface area (Å²) in [6.07, 6.45) is 28.4. The zero-order chi connectivity index (χ0) is 102. The van der Waals surface area contributed by atoms with Gasteiger partial charge in [-0.2, -0.15) is 20.1 Å². The van der Waals surface area contributed by atoms with E-state index >= 15 is 0 Å². The normalized spacial score (nSPS) is 14.0. The lowest BCUT2D eigenvalue weighted by atomic mass is 9.77. The van der Waals surface area contributed by atoms with Gasteiger partial charge in [-0.25, -0.2) is 9.15 Å². The molecule has 13 aromatic carbocycles. The fraction of sp³-hybridized carbons (Fsp3) is 0.250. The molecular weight excluding hydrogens is 1940 g/mol.